The molecule has 3 aromatic rings. The highest BCUT2D eigenvalue weighted by molar-refractivity contribution is 9.10. The van der Waals surface area contributed by atoms with Crippen molar-refractivity contribution in [2.75, 3.05) is 24.4 Å². The van der Waals surface area contributed by atoms with Gasteiger partial charge in [-0.25, -0.2) is 4.79 Å². The fourth-order valence-corrected chi connectivity index (χ4v) is 3.73. The third kappa shape index (κ3) is 6.82. The summed E-state index contributed by atoms with van der Waals surface area (Å²) in [5.74, 6) is -0.154. The molecule has 33 heavy (non-hydrogen) atoms. The standard InChI is InChI=1S/C25H24Br2N2O4/c1-3-33-25(31)23(29-20-12-8-18(27)9-13-20)22(28-19-10-6-17(26)7-11-19)24(30)16-4-14-21(32-2)15-5-16/h4-15,22-23,28-29H,3H2,1-2H3/t22-,23+/m0/s1. The number of carbonyl (C=O) groups excluding carboxylic acids is 2. The second-order valence-electron chi connectivity index (χ2n) is 7.10. The number of anilines is 2. The normalized spacial score (nSPS) is 12.4. The Hall–Kier alpha value is -2.84. The van der Waals surface area contributed by atoms with Gasteiger partial charge in [-0.3, -0.25) is 4.79 Å². The van der Waals surface area contributed by atoms with Crippen molar-refractivity contribution < 1.29 is 19.1 Å². The molecule has 0 bridgehead atoms. The van der Waals surface area contributed by atoms with Gasteiger partial charge in [-0.05, 0) is 79.7 Å². The van der Waals surface area contributed by atoms with Gasteiger partial charge in [0.2, 0.25) is 0 Å². The molecule has 2 N–H and O–H groups in total. The molecular weight excluding hydrogens is 552 g/mol. The van der Waals surface area contributed by atoms with Crippen molar-refractivity contribution in [3.8, 4) is 5.75 Å². The van der Waals surface area contributed by atoms with Crippen LogP contribution in [0.5, 0.6) is 5.75 Å². The molecule has 0 fully saturated rings. The Morgan fingerprint density at radius 2 is 1.27 bits per heavy atom. The van der Waals surface area contributed by atoms with Gasteiger partial charge in [-0.1, -0.05) is 31.9 Å². The van der Waals surface area contributed by atoms with E-state index in [1.165, 1.54) is 0 Å². The monoisotopic (exact) mass is 574 g/mol. The van der Waals surface area contributed by atoms with Crippen molar-refractivity contribution in [2.24, 2.45) is 0 Å². The van der Waals surface area contributed by atoms with E-state index in [1.807, 2.05) is 48.5 Å². The molecule has 8 heteroatoms. The molecule has 0 amide bonds. The van der Waals surface area contributed by atoms with Crippen LogP contribution in [0.3, 0.4) is 0 Å². The Labute approximate surface area is 209 Å². The van der Waals surface area contributed by atoms with Crippen molar-refractivity contribution in [2.45, 2.75) is 19.0 Å². The lowest BCUT2D eigenvalue weighted by Crippen LogP contribution is -2.50. The van der Waals surface area contributed by atoms with Crippen molar-refractivity contribution in [3.63, 3.8) is 0 Å². The lowest BCUT2D eigenvalue weighted by atomic mass is 9.96. The first-order valence-electron chi connectivity index (χ1n) is 10.3. The maximum absolute atomic E-state index is 13.6. The Bertz CT molecular complexity index is 1070. The molecule has 0 saturated heterocycles. The summed E-state index contributed by atoms with van der Waals surface area (Å²) in [5, 5.41) is 6.41. The number of ether oxygens (including phenoxy) is 2. The SMILES string of the molecule is CCOC(=O)[C@H](Nc1ccc(Br)cc1)[C@H](Nc1ccc(Br)cc1)C(=O)c1ccc(OC)cc1. The molecule has 6 nitrogen and oxygen atoms in total. The van der Waals surface area contributed by atoms with Crippen molar-refractivity contribution >= 4 is 55.0 Å². The van der Waals surface area contributed by atoms with Crippen LogP contribution in [0.1, 0.15) is 17.3 Å². The number of hydrogen-bond acceptors (Lipinski definition) is 6. The summed E-state index contributed by atoms with van der Waals surface area (Å²) in [6, 6.07) is 19.6. The molecule has 0 aliphatic carbocycles. The predicted octanol–water partition coefficient (Wildman–Crippen LogP) is 5.93. The summed E-state index contributed by atoms with van der Waals surface area (Å²) in [6.07, 6.45) is 0. The van der Waals surface area contributed by atoms with Crippen LogP contribution in [0.2, 0.25) is 0 Å². The van der Waals surface area contributed by atoms with E-state index >= 15 is 0 Å². The lowest BCUT2D eigenvalue weighted by Gasteiger charge is -2.28. The van der Waals surface area contributed by atoms with Gasteiger partial charge in [-0.15, -0.1) is 0 Å². The minimum Gasteiger partial charge on any atom is -0.497 e. The minimum absolute atomic E-state index is 0.194. The van der Waals surface area contributed by atoms with Gasteiger partial charge >= 0.3 is 5.97 Å². The lowest BCUT2D eigenvalue weighted by molar-refractivity contribution is -0.144. The van der Waals surface area contributed by atoms with Crippen molar-refractivity contribution in [1.82, 2.24) is 0 Å². The molecule has 0 aromatic heterocycles. The third-order valence-corrected chi connectivity index (χ3v) is 5.92. The summed E-state index contributed by atoms with van der Waals surface area (Å²) >= 11 is 6.83. The molecule has 172 valence electrons. The van der Waals surface area contributed by atoms with E-state index in [2.05, 4.69) is 42.5 Å². The number of halogens is 2. The van der Waals surface area contributed by atoms with Gasteiger partial charge in [-0.2, -0.15) is 0 Å². The smallest absolute Gasteiger partial charge is 0.331 e. The van der Waals surface area contributed by atoms with E-state index in [-0.39, 0.29) is 12.4 Å². The topological polar surface area (TPSA) is 76.7 Å². The minimum atomic E-state index is -0.982. The van der Waals surface area contributed by atoms with Crippen molar-refractivity contribution in [1.29, 1.82) is 0 Å². The van der Waals surface area contributed by atoms with Crippen LogP contribution in [-0.2, 0) is 9.53 Å². The van der Waals surface area contributed by atoms with E-state index in [0.29, 0.717) is 22.7 Å². The third-order valence-electron chi connectivity index (χ3n) is 4.86. The van der Waals surface area contributed by atoms with Gasteiger partial charge in [0.15, 0.2) is 11.8 Å². The number of Topliss-reactive ketones (excluding diaryl/α,β-unsaturated/α-hetero) is 1. The Balaban J connectivity index is 2.00. The number of rotatable bonds is 10. The van der Waals surface area contributed by atoms with Crippen LogP contribution in [0, 0.1) is 0 Å². The first kappa shape index (κ1) is 24.8. The van der Waals surface area contributed by atoms with Crippen LogP contribution >= 0.6 is 31.9 Å². The van der Waals surface area contributed by atoms with Crippen molar-refractivity contribution in [3.05, 3.63) is 87.3 Å². The van der Waals surface area contributed by atoms with Gasteiger partial charge in [0.25, 0.3) is 0 Å². The molecule has 0 radical (unpaired) electrons. The number of carbonyl (C=O) groups is 2. The number of ketones is 1. The largest absolute Gasteiger partial charge is 0.497 e. The zero-order valence-electron chi connectivity index (χ0n) is 18.2. The summed E-state index contributed by atoms with van der Waals surface area (Å²) in [6.45, 7) is 1.93. The van der Waals surface area contributed by atoms with Crippen LogP contribution in [0.4, 0.5) is 11.4 Å². The van der Waals surface area contributed by atoms with E-state index in [0.717, 1.165) is 8.95 Å². The second kappa shape index (κ2) is 11.9. The molecule has 0 aliphatic rings. The van der Waals surface area contributed by atoms with E-state index < -0.39 is 18.1 Å². The average molecular weight is 576 g/mol. The summed E-state index contributed by atoms with van der Waals surface area (Å²) < 4.78 is 12.3. The maximum Gasteiger partial charge on any atom is 0.331 e. The number of benzene rings is 3. The number of esters is 1. The molecule has 0 heterocycles. The Kier molecular flexibility index (Phi) is 8.91. The number of methoxy groups -OCH3 is 1. The van der Waals surface area contributed by atoms with Crippen LogP contribution in [0.25, 0.3) is 0 Å². The molecular formula is C25H24Br2N2O4. The van der Waals surface area contributed by atoms with Gasteiger partial charge < -0.3 is 20.1 Å². The second-order valence-corrected chi connectivity index (χ2v) is 8.93. The average Bonchev–Trinajstić information content (AvgIpc) is 2.83. The zero-order chi connectivity index (χ0) is 23.8. The van der Waals surface area contributed by atoms with Gasteiger partial charge in [0, 0.05) is 25.9 Å². The zero-order valence-corrected chi connectivity index (χ0v) is 21.4. The predicted molar refractivity (Wildman–Crippen MR) is 137 cm³/mol. The first-order chi connectivity index (χ1) is 15.9. The summed E-state index contributed by atoms with van der Waals surface area (Å²) in [4.78, 5) is 26.7. The molecule has 2 atom stereocenters. The highest BCUT2D eigenvalue weighted by Crippen LogP contribution is 2.22. The van der Waals surface area contributed by atoms with Crippen LogP contribution in [-0.4, -0.2) is 37.6 Å². The van der Waals surface area contributed by atoms with Crippen LogP contribution in [0.15, 0.2) is 81.7 Å². The molecule has 3 rings (SSSR count). The van der Waals surface area contributed by atoms with E-state index in [4.69, 9.17) is 9.47 Å². The maximum atomic E-state index is 13.6. The fourth-order valence-electron chi connectivity index (χ4n) is 3.20. The van der Waals surface area contributed by atoms with Gasteiger partial charge in [0.05, 0.1) is 13.7 Å². The molecule has 3 aromatic carbocycles. The fraction of sp³-hybridized carbons (Fsp3) is 0.200. The first-order valence-corrected chi connectivity index (χ1v) is 11.9. The number of nitrogens with one attached hydrogen (secondary N) is 2. The molecule has 0 unspecified atom stereocenters. The molecule has 0 aliphatic heterocycles. The Morgan fingerprint density at radius 1 is 0.788 bits per heavy atom. The molecule has 0 spiro atoms. The molecule has 0 saturated carbocycles. The van der Waals surface area contributed by atoms with E-state index in [1.54, 1.807) is 38.3 Å². The summed E-state index contributed by atoms with van der Waals surface area (Å²) in [7, 11) is 1.56. The summed E-state index contributed by atoms with van der Waals surface area (Å²) in [5.41, 5.74) is 1.82. The van der Waals surface area contributed by atoms with Crippen LogP contribution < -0.4 is 15.4 Å². The Morgan fingerprint density at radius 3 is 1.73 bits per heavy atom. The van der Waals surface area contributed by atoms with Gasteiger partial charge in [0.1, 0.15) is 11.8 Å². The highest BCUT2D eigenvalue weighted by Gasteiger charge is 2.35. The highest BCUT2D eigenvalue weighted by atomic mass is 79.9. The number of hydrogen-bond donors (Lipinski definition) is 2. The quantitative estimate of drug-likeness (QED) is 0.230. The van der Waals surface area contributed by atoms with E-state index in [9.17, 15) is 9.59 Å².